The van der Waals surface area contributed by atoms with E-state index in [1.807, 2.05) is 13.8 Å². The molecule has 4 rings (SSSR count). The molecule has 0 heterocycles. The molecule has 0 unspecified atom stereocenters. The number of carbonyl (C=O) groups excluding carboxylic acids is 1. The van der Waals surface area contributed by atoms with Crippen LogP contribution < -0.4 is 0 Å². The lowest BCUT2D eigenvalue weighted by molar-refractivity contribution is -0.178. The fraction of sp³-hybridized carbons (Fsp3) is 0.960. The van der Waals surface area contributed by atoms with Crippen LogP contribution in [-0.4, -0.2) is 29.7 Å². The van der Waals surface area contributed by atoms with Gasteiger partial charge in [0, 0.05) is 12.5 Å². The van der Waals surface area contributed by atoms with Gasteiger partial charge in [-0.1, -0.05) is 13.8 Å². The minimum absolute atomic E-state index is 0.228. The number of rotatable bonds is 5. The lowest BCUT2D eigenvalue weighted by Crippen LogP contribution is -2.58. The van der Waals surface area contributed by atoms with Gasteiger partial charge in [0.25, 0.3) is 0 Å². The number of hydrogen-bond acceptors (Lipinski definition) is 3. The SMILES string of the molecule is CCCOC[C@]12CC[C@@](C)(O)C[C@H]1CC[C@H]1[C@@H]3CC[C@H](C(C)=O)[C@@]3(C)CC[C@@H]12. The van der Waals surface area contributed by atoms with E-state index in [1.165, 1.54) is 32.1 Å². The second-order valence-electron chi connectivity index (χ2n) is 11.4. The second-order valence-corrected chi connectivity index (χ2v) is 11.4. The molecule has 1 N–H and O–H groups in total. The molecule has 4 fully saturated rings. The van der Waals surface area contributed by atoms with Gasteiger partial charge < -0.3 is 9.84 Å². The van der Waals surface area contributed by atoms with Crippen LogP contribution in [0.3, 0.4) is 0 Å². The maximum atomic E-state index is 12.4. The average Bonchev–Trinajstić information content (AvgIpc) is 2.99. The number of fused-ring (bicyclic) bond motifs is 5. The highest BCUT2D eigenvalue weighted by Gasteiger charge is 2.62. The topological polar surface area (TPSA) is 46.5 Å². The highest BCUT2D eigenvalue weighted by atomic mass is 16.5. The van der Waals surface area contributed by atoms with E-state index in [-0.39, 0.29) is 16.7 Å². The van der Waals surface area contributed by atoms with Crippen molar-refractivity contribution in [3.8, 4) is 0 Å². The van der Waals surface area contributed by atoms with Gasteiger partial charge in [-0.15, -0.1) is 0 Å². The Balaban J connectivity index is 1.62. The molecular weight excluding hydrogens is 348 g/mol. The zero-order valence-corrected chi connectivity index (χ0v) is 18.6. The van der Waals surface area contributed by atoms with Crippen molar-refractivity contribution < 1.29 is 14.6 Å². The summed E-state index contributed by atoms with van der Waals surface area (Å²) in [5, 5.41) is 10.8. The lowest BCUT2D eigenvalue weighted by Gasteiger charge is -2.62. The van der Waals surface area contributed by atoms with E-state index in [0.29, 0.717) is 17.6 Å². The molecule has 4 saturated carbocycles. The number of ketones is 1. The highest BCUT2D eigenvalue weighted by Crippen LogP contribution is 2.68. The molecule has 4 aliphatic carbocycles. The van der Waals surface area contributed by atoms with Gasteiger partial charge in [-0.05, 0) is 113 Å². The summed E-state index contributed by atoms with van der Waals surface area (Å²) >= 11 is 0. The molecule has 3 heteroatoms. The van der Waals surface area contributed by atoms with Gasteiger partial charge in [-0.3, -0.25) is 4.79 Å². The van der Waals surface area contributed by atoms with E-state index < -0.39 is 5.60 Å². The minimum atomic E-state index is -0.498. The van der Waals surface area contributed by atoms with Crippen LogP contribution >= 0.6 is 0 Å². The molecule has 0 aliphatic heterocycles. The third kappa shape index (κ3) is 3.20. The lowest BCUT2D eigenvalue weighted by atomic mass is 9.43. The van der Waals surface area contributed by atoms with Gasteiger partial charge in [-0.25, -0.2) is 0 Å². The normalized spacial score (nSPS) is 50.5. The zero-order chi connectivity index (χ0) is 20.2. The van der Waals surface area contributed by atoms with E-state index in [9.17, 15) is 9.90 Å². The summed E-state index contributed by atoms with van der Waals surface area (Å²) in [5.41, 5.74) is -0.0105. The van der Waals surface area contributed by atoms with Gasteiger partial charge >= 0.3 is 0 Å². The van der Waals surface area contributed by atoms with Crippen molar-refractivity contribution in [2.24, 2.45) is 40.4 Å². The second kappa shape index (κ2) is 7.38. The van der Waals surface area contributed by atoms with Gasteiger partial charge in [0.1, 0.15) is 5.78 Å². The van der Waals surface area contributed by atoms with Crippen LogP contribution in [0.15, 0.2) is 0 Å². The Labute approximate surface area is 172 Å². The maximum absolute atomic E-state index is 12.4. The first-order chi connectivity index (χ1) is 13.2. The summed E-state index contributed by atoms with van der Waals surface area (Å²) < 4.78 is 6.26. The fourth-order valence-corrected chi connectivity index (χ4v) is 8.59. The van der Waals surface area contributed by atoms with Gasteiger partial charge in [0.15, 0.2) is 0 Å². The Morgan fingerprint density at radius 3 is 2.54 bits per heavy atom. The Kier molecular flexibility index (Phi) is 5.49. The molecule has 4 aliphatic rings. The molecule has 8 atom stereocenters. The molecule has 0 aromatic rings. The molecule has 0 amide bonds. The van der Waals surface area contributed by atoms with E-state index in [0.717, 1.165) is 57.2 Å². The monoisotopic (exact) mass is 390 g/mol. The van der Waals surface area contributed by atoms with E-state index in [4.69, 9.17) is 4.74 Å². The van der Waals surface area contributed by atoms with E-state index >= 15 is 0 Å². The third-order valence-corrected chi connectivity index (χ3v) is 9.86. The Hall–Kier alpha value is -0.410. The first-order valence-corrected chi connectivity index (χ1v) is 12.0. The van der Waals surface area contributed by atoms with Crippen molar-refractivity contribution in [2.45, 2.75) is 97.5 Å². The average molecular weight is 391 g/mol. The third-order valence-electron chi connectivity index (χ3n) is 9.86. The summed E-state index contributed by atoms with van der Waals surface area (Å²) in [6, 6.07) is 0. The van der Waals surface area contributed by atoms with Gasteiger partial charge in [0.2, 0.25) is 0 Å². The molecule has 0 radical (unpaired) electrons. The van der Waals surface area contributed by atoms with Crippen molar-refractivity contribution in [3.05, 3.63) is 0 Å². The molecule has 160 valence electrons. The number of aliphatic hydroxyl groups is 1. The summed E-state index contributed by atoms with van der Waals surface area (Å²) in [4.78, 5) is 12.4. The van der Waals surface area contributed by atoms with E-state index in [2.05, 4.69) is 13.8 Å². The van der Waals surface area contributed by atoms with Crippen molar-refractivity contribution in [1.29, 1.82) is 0 Å². The first-order valence-electron chi connectivity index (χ1n) is 12.0. The summed E-state index contributed by atoms with van der Waals surface area (Å²) in [7, 11) is 0. The largest absolute Gasteiger partial charge is 0.390 e. The summed E-state index contributed by atoms with van der Waals surface area (Å²) in [6.07, 6.45) is 11.4. The van der Waals surface area contributed by atoms with Crippen LogP contribution in [0.5, 0.6) is 0 Å². The number of Topliss-reactive ketones (excluding diaryl/α,β-unsaturated/α-hetero) is 1. The minimum Gasteiger partial charge on any atom is -0.390 e. The van der Waals surface area contributed by atoms with E-state index in [1.54, 1.807) is 0 Å². The quantitative estimate of drug-likeness (QED) is 0.640. The standard InChI is InChI=1S/C25H42O3/c1-5-14-28-16-25-13-12-23(3,27)15-18(25)6-7-19-21-9-8-20(17(2)26)24(21,4)11-10-22(19)25/h18-22,27H,5-16H2,1-4H3/t18-,19+,20-,21+,22+,23-,24-,25-/m1/s1. The van der Waals surface area contributed by atoms with Crippen LogP contribution in [0.4, 0.5) is 0 Å². The van der Waals surface area contributed by atoms with Crippen molar-refractivity contribution in [3.63, 3.8) is 0 Å². The number of carbonyl (C=O) groups is 1. The van der Waals surface area contributed by atoms with Crippen molar-refractivity contribution >= 4 is 5.78 Å². The zero-order valence-electron chi connectivity index (χ0n) is 18.6. The molecule has 0 saturated heterocycles. The summed E-state index contributed by atoms with van der Waals surface area (Å²) in [6.45, 7) is 10.2. The predicted molar refractivity (Wildman–Crippen MR) is 112 cm³/mol. The molecule has 0 aromatic heterocycles. The van der Waals surface area contributed by atoms with Crippen molar-refractivity contribution in [1.82, 2.24) is 0 Å². The highest BCUT2D eigenvalue weighted by molar-refractivity contribution is 5.79. The van der Waals surface area contributed by atoms with Crippen LogP contribution in [0.1, 0.15) is 91.9 Å². The molecule has 0 spiro atoms. The molecule has 3 nitrogen and oxygen atoms in total. The van der Waals surface area contributed by atoms with Crippen LogP contribution in [0, 0.1) is 40.4 Å². The number of hydrogen-bond donors (Lipinski definition) is 1. The van der Waals surface area contributed by atoms with Gasteiger partial charge in [-0.2, -0.15) is 0 Å². The molecule has 0 aromatic carbocycles. The predicted octanol–water partition coefficient (Wildman–Crippen LogP) is 5.39. The van der Waals surface area contributed by atoms with Gasteiger partial charge in [0.05, 0.1) is 12.2 Å². The maximum Gasteiger partial charge on any atom is 0.133 e. The fourth-order valence-electron chi connectivity index (χ4n) is 8.59. The molecule has 28 heavy (non-hydrogen) atoms. The smallest absolute Gasteiger partial charge is 0.133 e. The Bertz CT molecular complexity index is 599. The molecular formula is C25H42O3. The van der Waals surface area contributed by atoms with Crippen LogP contribution in [0.25, 0.3) is 0 Å². The number of ether oxygens (including phenoxy) is 1. The summed E-state index contributed by atoms with van der Waals surface area (Å²) in [5.74, 6) is 3.51. The Morgan fingerprint density at radius 1 is 1.04 bits per heavy atom. The van der Waals surface area contributed by atoms with Crippen LogP contribution in [-0.2, 0) is 9.53 Å². The first kappa shape index (κ1) is 20.8. The Morgan fingerprint density at radius 2 is 1.82 bits per heavy atom. The van der Waals surface area contributed by atoms with Crippen LogP contribution in [0.2, 0.25) is 0 Å². The van der Waals surface area contributed by atoms with Crippen molar-refractivity contribution in [2.75, 3.05) is 13.2 Å². The molecule has 0 bridgehead atoms.